The average molecular weight is 294 g/mol. The van der Waals surface area contributed by atoms with Crippen molar-refractivity contribution in [3.63, 3.8) is 0 Å². The van der Waals surface area contributed by atoms with E-state index in [0.717, 1.165) is 18.3 Å². The predicted molar refractivity (Wildman–Crippen MR) is 69.2 cm³/mol. The van der Waals surface area contributed by atoms with Crippen LogP contribution in [0.25, 0.3) is 0 Å². The number of rotatable bonds is 4. The SMILES string of the molecule is CCC=N/C(=C\N)C(F)(F)c1cc(Cl)nc(Cl)c1. The molecule has 0 unspecified atom stereocenters. The Balaban J connectivity index is 3.22. The van der Waals surface area contributed by atoms with Crippen LogP contribution in [0.2, 0.25) is 10.3 Å². The third kappa shape index (κ3) is 3.40. The van der Waals surface area contributed by atoms with Gasteiger partial charge in [-0.15, -0.1) is 0 Å². The summed E-state index contributed by atoms with van der Waals surface area (Å²) in [7, 11) is 0. The van der Waals surface area contributed by atoms with E-state index < -0.39 is 17.2 Å². The molecule has 0 aliphatic heterocycles. The first kappa shape index (κ1) is 14.9. The molecule has 7 heteroatoms. The number of pyridine rings is 1. The van der Waals surface area contributed by atoms with E-state index in [9.17, 15) is 8.78 Å². The first-order valence-electron chi connectivity index (χ1n) is 5.08. The Morgan fingerprint density at radius 1 is 1.44 bits per heavy atom. The van der Waals surface area contributed by atoms with Gasteiger partial charge in [0.2, 0.25) is 0 Å². The van der Waals surface area contributed by atoms with Crippen molar-refractivity contribution in [3.05, 3.63) is 39.9 Å². The lowest BCUT2D eigenvalue weighted by Gasteiger charge is -2.17. The minimum Gasteiger partial charge on any atom is -0.403 e. The van der Waals surface area contributed by atoms with E-state index in [1.165, 1.54) is 6.21 Å². The monoisotopic (exact) mass is 293 g/mol. The summed E-state index contributed by atoms with van der Waals surface area (Å²) in [6.07, 6.45) is 2.62. The summed E-state index contributed by atoms with van der Waals surface area (Å²) < 4.78 is 28.2. The van der Waals surface area contributed by atoms with Gasteiger partial charge in [0.1, 0.15) is 16.0 Å². The van der Waals surface area contributed by atoms with Gasteiger partial charge in [0.25, 0.3) is 0 Å². The molecule has 1 aromatic heterocycles. The Bertz CT molecular complexity index is 467. The van der Waals surface area contributed by atoms with Crippen molar-refractivity contribution in [1.82, 2.24) is 4.98 Å². The van der Waals surface area contributed by atoms with Crippen LogP contribution in [-0.4, -0.2) is 11.2 Å². The maximum absolute atomic E-state index is 14.1. The van der Waals surface area contributed by atoms with Gasteiger partial charge in [-0.2, -0.15) is 8.78 Å². The molecule has 0 saturated carbocycles. The number of alkyl halides is 2. The van der Waals surface area contributed by atoms with Crippen LogP contribution in [0.3, 0.4) is 0 Å². The third-order valence-corrected chi connectivity index (χ3v) is 2.41. The lowest BCUT2D eigenvalue weighted by atomic mass is 10.1. The van der Waals surface area contributed by atoms with Crippen molar-refractivity contribution in [3.8, 4) is 0 Å². The predicted octanol–water partition coefficient (Wildman–Crippen LogP) is 3.76. The van der Waals surface area contributed by atoms with Gasteiger partial charge < -0.3 is 5.73 Å². The Morgan fingerprint density at radius 3 is 2.44 bits per heavy atom. The van der Waals surface area contributed by atoms with Crippen LogP contribution in [0.1, 0.15) is 18.9 Å². The minimum absolute atomic E-state index is 0.118. The van der Waals surface area contributed by atoms with Gasteiger partial charge in [-0.25, -0.2) is 4.98 Å². The second-order valence-corrected chi connectivity index (χ2v) is 4.12. The van der Waals surface area contributed by atoms with Crippen molar-refractivity contribution >= 4 is 29.4 Å². The summed E-state index contributed by atoms with van der Waals surface area (Å²) in [6.45, 7) is 1.77. The Kier molecular flexibility index (Phi) is 5.04. The number of aliphatic imine (C=N–C) groups is 1. The number of hydrogen-bond acceptors (Lipinski definition) is 3. The van der Waals surface area contributed by atoms with Gasteiger partial charge in [0.05, 0.1) is 0 Å². The van der Waals surface area contributed by atoms with Crippen LogP contribution in [-0.2, 0) is 5.92 Å². The molecule has 0 fully saturated rings. The molecule has 0 bridgehead atoms. The normalized spacial score (nSPS) is 13.3. The zero-order chi connectivity index (χ0) is 13.8. The van der Waals surface area contributed by atoms with E-state index in [4.69, 9.17) is 28.9 Å². The molecule has 0 aliphatic rings. The topological polar surface area (TPSA) is 51.3 Å². The molecule has 18 heavy (non-hydrogen) atoms. The summed E-state index contributed by atoms with van der Waals surface area (Å²) in [5.41, 5.74) is 4.20. The second kappa shape index (κ2) is 6.11. The van der Waals surface area contributed by atoms with E-state index in [1.54, 1.807) is 6.92 Å². The molecule has 0 radical (unpaired) electrons. The summed E-state index contributed by atoms with van der Waals surface area (Å²) in [5, 5.41) is -0.235. The second-order valence-electron chi connectivity index (χ2n) is 3.35. The van der Waals surface area contributed by atoms with E-state index in [0.29, 0.717) is 6.42 Å². The summed E-state index contributed by atoms with van der Waals surface area (Å²) >= 11 is 11.2. The highest BCUT2D eigenvalue weighted by Gasteiger charge is 2.37. The Labute approximate surface area is 113 Å². The molecule has 0 aliphatic carbocycles. The highest BCUT2D eigenvalue weighted by atomic mass is 35.5. The molecule has 0 saturated heterocycles. The summed E-state index contributed by atoms with van der Waals surface area (Å²) in [4.78, 5) is 7.23. The molecule has 0 amide bonds. The fourth-order valence-electron chi connectivity index (χ4n) is 1.21. The quantitative estimate of drug-likeness (QED) is 0.679. The molecule has 2 N–H and O–H groups in total. The summed E-state index contributed by atoms with van der Waals surface area (Å²) in [5.74, 6) is -3.38. The van der Waals surface area contributed by atoms with Gasteiger partial charge in [0.15, 0.2) is 0 Å². The van der Waals surface area contributed by atoms with Crippen LogP contribution in [0, 0.1) is 0 Å². The molecule has 1 heterocycles. The Morgan fingerprint density at radius 2 is 2.00 bits per heavy atom. The highest BCUT2D eigenvalue weighted by molar-refractivity contribution is 6.32. The number of aromatic nitrogens is 1. The molecular formula is C11H11Cl2F2N3. The molecular weight excluding hydrogens is 283 g/mol. The van der Waals surface area contributed by atoms with E-state index in [-0.39, 0.29) is 10.3 Å². The standard InChI is InChI=1S/C11H11Cl2F2N3/c1-2-3-17-8(6-16)11(14,15)7-4-9(12)18-10(13)5-7/h3-6H,2,16H2,1H3/b8-6-,17-3?. The minimum atomic E-state index is -3.38. The van der Waals surface area contributed by atoms with E-state index >= 15 is 0 Å². The van der Waals surface area contributed by atoms with Crippen molar-refractivity contribution in [2.75, 3.05) is 0 Å². The van der Waals surface area contributed by atoms with Gasteiger partial charge in [0, 0.05) is 18.0 Å². The number of allylic oxidation sites excluding steroid dienone is 1. The number of hydrogen-bond donors (Lipinski definition) is 1. The first-order chi connectivity index (χ1) is 8.41. The number of nitrogens with zero attached hydrogens (tertiary/aromatic N) is 2. The van der Waals surface area contributed by atoms with Crippen molar-refractivity contribution in [2.24, 2.45) is 10.7 Å². The van der Waals surface area contributed by atoms with Gasteiger partial charge in [-0.3, -0.25) is 4.99 Å². The fraction of sp³-hybridized carbons (Fsp3) is 0.273. The van der Waals surface area contributed by atoms with Crippen molar-refractivity contribution in [2.45, 2.75) is 19.3 Å². The van der Waals surface area contributed by atoms with Gasteiger partial charge >= 0.3 is 5.92 Å². The maximum Gasteiger partial charge on any atom is 0.316 e. The third-order valence-electron chi connectivity index (χ3n) is 2.02. The fourth-order valence-corrected chi connectivity index (χ4v) is 1.67. The van der Waals surface area contributed by atoms with Crippen LogP contribution in [0.4, 0.5) is 8.78 Å². The smallest absolute Gasteiger partial charge is 0.316 e. The van der Waals surface area contributed by atoms with Crippen molar-refractivity contribution in [1.29, 1.82) is 0 Å². The molecule has 0 atom stereocenters. The summed E-state index contributed by atoms with van der Waals surface area (Å²) in [6, 6.07) is 2.05. The molecule has 1 aromatic rings. The average Bonchev–Trinajstić information content (AvgIpc) is 2.28. The van der Waals surface area contributed by atoms with Crippen LogP contribution >= 0.6 is 23.2 Å². The van der Waals surface area contributed by atoms with E-state index in [2.05, 4.69) is 9.98 Å². The van der Waals surface area contributed by atoms with E-state index in [1.807, 2.05) is 0 Å². The van der Waals surface area contributed by atoms with Gasteiger partial charge in [-0.1, -0.05) is 30.1 Å². The number of halogens is 4. The van der Waals surface area contributed by atoms with Crippen molar-refractivity contribution < 1.29 is 8.78 Å². The molecule has 0 spiro atoms. The maximum atomic E-state index is 14.1. The highest BCUT2D eigenvalue weighted by Crippen LogP contribution is 2.37. The zero-order valence-electron chi connectivity index (χ0n) is 9.50. The molecule has 1 rings (SSSR count). The zero-order valence-corrected chi connectivity index (χ0v) is 11.0. The first-order valence-corrected chi connectivity index (χ1v) is 5.83. The van der Waals surface area contributed by atoms with Crippen LogP contribution < -0.4 is 5.73 Å². The molecule has 98 valence electrons. The molecule has 3 nitrogen and oxygen atoms in total. The lowest BCUT2D eigenvalue weighted by Crippen LogP contribution is -2.17. The van der Waals surface area contributed by atoms with Gasteiger partial charge in [-0.05, 0) is 18.6 Å². The number of nitrogens with two attached hydrogens (primary N) is 1. The van der Waals surface area contributed by atoms with Crippen LogP contribution in [0.5, 0.6) is 0 Å². The molecule has 0 aromatic carbocycles. The lowest BCUT2D eigenvalue weighted by molar-refractivity contribution is 0.0364. The van der Waals surface area contributed by atoms with Crippen LogP contribution in [0.15, 0.2) is 29.0 Å². The Hall–Kier alpha value is -1.20. The largest absolute Gasteiger partial charge is 0.403 e.